The van der Waals surface area contributed by atoms with Crippen molar-refractivity contribution >= 4 is 0 Å². The van der Waals surface area contributed by atoms with Crippen molar-refractivity contribution in [3.8, 4) is 5.75 Å². The zero-order chi connectivity index (χ0) is 13.0. The summed E-state index contributed by atoms with van der Waals surface area (Å²) in [6, 6.07) is 15.3. The molecule has 0 radical (unpaired) electrons. The Bertz CT molecular complexity index is 499. The summed E-state index contributed by atoms with van der Waals surface area (Å²) in [5.41, 5.74) is 0.751. The molecule has 0 aromatic heterocycles. The molecule has 0 bridgehead atoms. The fraction of sp³-hybridized carbons (Fsp3) is 0.200. The van der Waals surface area contributed by atoms with Gasteiger partial charge in [-0.3, -0.25) is 0 Å². The maximum atomic E-state index is 13.4. The summed E-state index contributed by atoms with van der Waals surface area (Å²) in [5.74, 6) is -0.274. The SMILES string of the molecule is CC(Oc1ccccc1F)C(O)c1ccccc1. The van der Waals surface area contributed by atoms with Crippen LogP contribution in [0.4, 0.5) is 4.39 Å². The fourth-order valence-electron chi connectivity index (χ4n) is 1.73. The number of hydrogen-bond donors (Lipinski definition) is 1. The van der Waals surface area contributed by atoms with Crippen LogP contribution in [0, 0.1) is 5.82 Å². The Labute approximate surface area is 106 Å². The van der Waals surface area contributed by atoms with E-state index in [1.54, 1.807) is 25.1 Å². The lowest BCUT2D eigenvalue weighted by atomic mass is 10.1. The van der Waals surface area contributed by atoms with E-state index in [1.807, 2.05) is 30.3 Å². The number of aliphatic hydroxyl groups is 1. The predicted molar refractivity (Wildman–Crippen MR) is 67.9 cm³/mol. The first-order valence-corrected chi connectivity index (χ1v) is 5.82. The molecule has 2 nitrogen and oxygen atoms in total. The number of rotatable bonds is 4. The first kappa shape index (κ1) is 12.6. The van der Waals surface area contributed by atoms with Crippen LogP contribution in [-0.2, 0) is 0 Å². The van der Waals surface area contributed by atoms with Gasteiger partial charge in [0.1, 0.15) is 12.2 Å². The highest BCUT2D eigenvalue weighted by atomic mass is 19.1. The Morgan fingerprint density at radius 2 is 1.61 bits per heavy atom. The Morgan fingerprint density at radius 3 is 2.28 bits per heavy atom. The summed E-state index contributed by atoms with van der Waals surface area (Å²) < 4.78 is 18.8. The molecular weight excluding hydrogens is 231 g/mol. The van der Waals surface area contributed by atoms with E-state index in [1.165, 1.54) is 6.07 Å². The molecule has 2 atom stereocenters. The lowest BCUT2D eigenvalue weighted by molar-refractivity contribution is 0.0444. The summed E-state index contributed by atoms with van der Waals surface area (Å²) in [4.78, 5) is 0. The minimum absolute atomic E-state index is 0.153. The van der Waals surface area contributed by atoms with Gasteiger partial charge in [-0.15, -0.1) is 0 Å². The average molecular weight is 246 g/mol. The van der Waals surface area contributed by atoms with E-state index in [-0.39, 0.29) is 5.75 Å². The van der Waals surface area contributed by atoms with Crippen LogP contribution in [0.1, 0.15) is 18.6 Å². The monoisotopic (exact) mass is 246 g/mol. The highest BCUT2D eigenvalue weighted by Gasteiger charge is 2.18. The van der Waals surface area contributed by atoms with Gasteiger partial charge < -0.3 is 9.84 Å². The molecule has 18 heavy (non-hydrogen) atoms. The number of hydrogen-bond acceptors (Lipinski definition) is 2. The van der Waals surface area contributed by atoms with Crippen molar-refractivity contribution in [2.45, 2.75) is 19.1 Å². The van der Waals surface area contributed by atoms with Gasteiger partial charge in [0.15, 0.2) is 11.6 Å². The number of benzene rings is 2. The van der Waals surface area contributed by atoms with Crippen molar-refractivity contribution in [1.82, 2.24) is 0 Å². The second-order valence-electron chi connectivity index (χ2n) is 4.11. The van der Waals surface area contributed by atoms with E-state index >= 15 is 0 Å². The Hall–Kier alpha value is -1.87. The number of halogens is 1. The molecule has 2 aromatic rings. The van der Waals surface area contributed by atoms with Crippen molar-refractivity contribution in [2.24, 2.45) is 0 Å². The van der Waals surface area contributed by atoms with Crippen LogP contribution in [0.3, 0.4) is 0 Å². The maximum absolute atomic E-state index is 13.4. The van der Waals surface area contributed by atoms with E-state index in [0.29, 0.717) is 0 Å². The van der Waals surface area contributed by atoms with Crippen LogP contribution in [-0.4, -0.2) is 11.2 Å². The molecule has 0 aliphatic rings. The van der Waals surface area contributed by atoms with Crippen molar-refractivity contribution in [2.75, 3.05) is 0 Å². The van der Waals surface area contributed by atoms with Gasteiger partial charge in [-0.2, -0.15) is 0 Å². The molecule has 3 heteroatoms. The highest BCUT2D eigenvalue weighted by Crippen LogP contribution is 2.23. The topological polar surface area (TPSA) is 29.5 Å². The summed E-state index contributed by atoms with van der Waals surface area (Å²) >= 11 is 0. The first-order chi connectivity index (χ1) is 8.68. The van der Waals surface area contributed by atoms with Gasteiger partial charge in [0.25, 0.3) is 0 Å². The predicted octanol–water partition coefficient (Wildman–Crippen LogP) is 3.33. The normalized spacial score (nSPS) is 13.9. The summed E-state index contributed by atoms with van der Waals surface area (Å²) in [6.07, 6.45) is -1.31. The first-order valence-electron chi connectivity index (χ1n) is 5.82. The van der Waals surface area contributed by atoms with Crippen LogP contribution in [0.15, 0.2) is 54.6 Å². The molecular formula is C15H15FO2. The van der Waals surface area contributed by atoms with Crippen LogP contribution in [0.5, 0.6) is 5.75 Å². The fourth-order valence-corrected chi connectivity index (χ4v) is 1.73. The zero-order valence-corrected chi connectivity index (χ0v) is 10.1. The Balaban J connectivity index is 2.09. The zero-order valence-electron chi connectivity index (χ0n) is 10.1. The summed E-state index contributed by atoms with van der Waals surface area (Å²) in [7, 11) is 0. The molecule has 0 saturated heterocycles. The number of para-hydroxylation sites is 1. The molecule has 94 valence electrons. The molecule has 0 fully saturated rings. The second-order valence-corrected chi connectivity index (χ2v) is 4.11. The molecule has 2 aromatic carbocycles. The van der Waals surface area contributed by atoms with Crippen molar-refractivity contribution in [3.05, 3.63) is 66.0 Å². The van der Waals surface area contributed by atoms with Crippen LogP contribution in [0.25, 0.3) is 0 Å². The number of ether oxygens (including phenoxy) is 1. The average Bonchev–Trinajstić information content (AvgIpc) is 2.41. The Kier molecular flexibility index (Phi) is 3.95. The van der Waals surface area contributed by atoms with E-state index in [9.17, 15) is 9.50 Å². The molecule has 0 aliphatic heterocycles. The molecule has 0 aliphatic carbocycles. The van der Waals surface area contributed by atoms with Gasteiger partial charge >= 0.3 is 0 Å². The van der Waals surface area contributed by atoms with Crippen molar-refractivity contribution in [1.29, 1.82) is 0 Å². The second kappa shape index (κ2) is 5.65. The highest BCUT2D eigenvalue weighted by molar-refractivity contribution is 5.25. The van der Waals surface area contributed by atoms with E-state index < -0.39 is 18.0 Å². The van der Waals surface area contributed by atoms with Crippen LogP contribution >= 0.6 is 0 Å². The summed E-state index contributed by atoms with van der Waals surface area (Å²) in [6.45, 7) is 1.71. The van der Waals surface area contributed by atoms with Gasteiger partial charge in [-0.05, 0) is 24.6 Å². The Morgan fingerprint density at radius 1 is 1.00 bits per heavy atom. The van der Waals surface area contributed by atoms with Gasteiger partial charge in [0.2, 0.25) is 0 Å². The van der Waals surface area contributed by atoms with Gasteiger partial charge in [0.05, 0.1) is 0 Å². The maximum Gasteiger partial charge on any atom is 0.165 e. The van der Waals surface area contributed by atoms with Crippen LogP contribution < -0.4 is 4.74 Å². The third-order valence-electron chi connectivity index (χ3n) is 2.74. The lowest BCUT2D eigenvalue weighted by Gasteiger charge is -2.21. The third kappa shape index (κ3) is 2.87. The molecule has 0 heterocycles. The van der Waals surface area contributed by atoms with Gasteiger partial charge in [-0.1, -0.05) is 42.5 Å². The minimum Gasteiger partial charge on any atom is -0.485 e. The molecule has 0 saturated carbocycles. The van der Waals surface area contributed by atoms with E-state index in [4.69, 9.17) is 4.74 Å². The molecule has 2 unspecified atom stereocenters. The summed E-state index contributed by atoms with van der Waals surface area (Å²) in [5, 5.41) is 10.1. The van der Waals surface area contributed by atoms with Gasteiger partial charge in [-0.25, -0.2) is 4.39 Å². The third-order valence-corrected chi connectivity index (χ3v) is 2.74. The van der Waals surface area contributed by atoms with Crippen molar-refractivity contribution in [3.63, 3.8) is 0 Å². The van der Waals surface area contributed by atoms with Gasteiger partial charge in [0, 0.05) is 0 Å². The molecule has 0 amide bonds. The quantitative estimate of drug-likeness (QED) is 0.896. The lowest BCUT2D eigenvalue weighted by Crippen LogP contribution is -2.22. The molecule has 2 rings (SSSR count). The van der Waals surface area contributed by atoms with Crippen LogP contribution in [0.2, 0.25) is 0 Å². The standard InChI is InChI=1S/C15H15FO2/c1-11(15(17)12-7-3-2-4-8-12)18-14-10-6-5-9-13(14)16/h2-11,15,17H,1H3. The minimum atomic E-state index is -0.786. The van der Waals surface area contributed by atoms with Crippen molar-refractivity contribution < 1.29 is 14.2 Å². The largest absolute Gasteiger partial charge is 0.485 e. The molecule has 1 N–H and O–H groups in total. The van der Waals surface area contributed by atoms with E-state index in [0.717, 1.165) is 5.56 Å². The smallest absolute Gasteiger partial charge is 0.165 e. The molecule has 0 spiro atoms. The number of aliphatic hydroxyl groups excluding tert-OH is 1. The van der Waals surface area contributed by atoms with E-state index in [2.05, 4.69) is 0 Å².